The third kappa shape index (κ3) is 9.85. The predicted octanol–water partition coefficient (Wildman–Crippen LogP) is 7.05. The van der Waals surface area contributed by atoms with Gasteiger partial charge in [-0.15, -0.1) is 0 Å². The molecule has 144 valence electrons. The van der Waals surface area contributed by atoms with Gasteiger partial charge in [-0.2, -0.15) is 11.8 Å². The normalized spacial score (nSPS) is 18.6. The molecule has 1 saturated carbocycles. The van der Waals surface area contributed by atoms with Crippen LogP contribution in [0.25, 0.3) is 0 Å². The molecule has 0 spiro atoms. The molecule has 0 N–H and O–H groups in total. The summed E-state index contributed by atoms with van der Waals surface area (Å²) in [5.41, 5.74) is 0.138. The van der Waals surface area contributed by atoms with Crippen molar-refractivity contribution < 1.29 is 13.6 Å². The third-order valence-corrected chi connectivity index (χ3v) is 8.33. The number of hydrogen-bond donors (Lipinski definition) is 0. The van der Waals surface area contributed by atoms with E-state index in [0.717, 1.165) is 31.4 Å². The van der Waals surface area contributed by atoms with Crippen molar-refractivity contribution in [2.45, 2.75) is 96.6 Å². The zero-order valence-corrected chi connectivity index (χ0v) is 17.7. The molecule has 0 saturated heterocycles. The van der Waals surface area contributed by atoms with Gasteiger partial charge in [0.2, 0.25) is 0 Å². The molecule has 24 heavy (non-hydrogen) atoms. The molecule has 0 aliphatic heterocycles. The molecule has 0 radical (unpaired) electrons. The van der Waals surface area contributed by atoms with Crippen LogP contribution in [0.2, 0.25) is 0 Å². The SMILES string of the molecule is CCCCCCCCCSCCOP(=O)(OCC)C1CCCCC1. The van der Waals surface area contributed by atoms with Crippen molar-refractivity contribution in [3.63, 3.8) is 0 Å². The monoisotopic (exact) mass is 378 g/mol. The quantitative estimate of drug-likeness (QED) is 0.226. The molecule has 1 fully saturated rings. The van der Waals surface area contributed by atoms with Crippen molar-refractivity contribution in [2.75, 3.05) is 24.7 Å². The van der Waals surface area contributed by atoms with Crippen molar-refractivity contribution in [1.29, 1.82) is 0 Å². The molecular formula is C19H39O3PS. The fourth-order valence-corrected chi connectivity index (χ4v) is 6.45. The van der Waals surface area contributed by atoms with Gasteiger partial charge in [-0.1, -0.05) is 64.7 Å². The Balaban J connectivity index is 2.05. The minimum Gasteiger partial charge on any atom is -0.309 e. The first kappa shape index (κ1) is 22.5. The van der Waals surface area contributed by atoms with Crippen molar-refractivity contribution in [2.24, 2.45) is 0 Å². The van der Waals surface area contributed by atoms with Crippen LogP contribution >= 0.6 is 19.4 Å². The molecule has 0 heterocycles. The van der Waals surface area contributed by atoms with Gasteiger partial charge in [0.15, 0.2) is 0 Å². The lowest BCUT2D eigenvalue weighted by Crippen LogP contribution is -2.17. The Hall–Kier alpha value is 0.500. The van der Waals surface area contributed by atoms with Crippen LogP contribution in [0.1, 0.15) is 90.9 Å². The molecule has 1 rings (SSSR count). The fourth-order valence-electron chi connectivity index (χ4n) is 3.31. The second-order valence-corrected chi connectivity index (χ2v) is 10.4. The van der Waals surface area contributed by atoms with E-state index in [9.17, 15) is 4.57 Å². The Kier molecular flexibility index (Phi) is 13.8. The standard InChI is InChI=1S/C19H39O3PS/c1-3-5-6-7-8-9-13-17-24-18-16-22-23(20,21-4-2)19-14-11-10-12-15-19/h19H,3-18H2,1-2H3. The average Bonchev–Trinajstić information content (AvgIpc) is 2.61. The molecule has 1 aliphatic carbocycles. The molecule has 5 heteroatoms. The summed E-state index contributed by atoms with van der Waals surface area (Å²) in [7, 11) is -2.89. The van der Waals surface area contributed by atoms with Gasteiger partial charge >= 0.3 is 7.60 Å². The maximum Gasteiger partial charge on any atom is 0.333 e. The molecule has 0 aromatic heterocycles. The van der Waals surface area contributed by atoms with Crippen molar-refractivity contribution in [3.05, 3.63) is 0 Å². The van der Waals surface area contributed by atoms with Gasteiger partial charge < -0.3 is 9.05 Å². The zero-order chi connectivity index (χ0) is 17.5. The largest absolute Gasteiger partial charge is 0.333 e. The molecule has 1 unspecified atom stereocenters. The van der Waals surface area contributed by atoms with Crippen LogP contribution in [-0.2, 0) is 13.6 Å². The number of hydrogen-bond acceptors (Lipinski definition) is 4. The summed E-state index contributed by atoms with van der Waals surface area (Å²) in [6.45, 7) is 5.22. The van der Waals surface area contributed by atoms with E-state index < -0.39 is 7.60 Å². The maximum absolute atomic E-state index is 13.0. The van der Waals surface area contributed by atoms with Crippen LogP contribution in [0.15, 0.2) is 0 Å². The molecule has 1 aliphatic rings. The molecule has 0 bridgehead atoms. The number of unbranched alkanes of at least 4 members (excludes halogenated alkanes) is 6. The molecule has 0 aromatic rings. The van der Waals surface area contributed by atoms with Crippen LogP contribution in [0, 0.1) is 0 Å². The van der Waals surface area contributed by atoms with Gasteiger partial charge in [0.25, 0.3) is 0 Å². The first-order valence-electron chi connectivity index (χ1n) is 10.2. The Bertz CT molecular complexity index is 333. The van der Waals surface area contributed by atoms with E-state index in [0.29, 0.717) is 13.2 Å². The van der Waals surface area contributed by atoms with Crippen LogP contribution in [0.4, 0.5) is 0 Å². The van der Waals surface area contributed by atoms with Crippen LogP contribution in [0.5, 0.6) is 0 Å². The molecule has 0 aromatic carbocycles. The van der Waals surface area contributed by atoms with E-state index >= 15 is 0 Å². The van der Waals surface area contributed by atoms with Crippen molar-refractivity contribution in [3.8, 4) is 0 Å². The van der Waals surface area contributed by atoms with Crippen LogP contribution in [0.3, 0.4) is 0 Å². The molecule has 1 atom stereocenters. The fraction of sp³-hybridized carbons (Fsp3) is 1.00. The van der Waals surface area contributed by atoms with Crippen LogP contribution in [-0.4, -0.2) is 30.4 Å². The summed E-state index contributed by atoms with van der Waals surface area (Å²) >= 11 is 1.93. The smallest absolute Gasteiger partial charge is 0.309 e. The Morgan fingerprint density at radius 2 is 1.54 bits per heavy atom. The number of thioether (sulfide) groups is 1. The summed E-state index contributed by atoms with van der Waals surface area (Å²) in [4.78, 5) is 0. The summed E-state index contributed by atoms with van der Waals surface area (Å²) in [6, 6.07) is 0. The van der Waals surface area contributed by atoms with Gasteiger partial charge in [-0.05, 0) is 31.9 Å². The van der Waals surface area contributed by atoms with Gasteiger partial charge in [0, 0.05) is 5.75 Å². The van der Waals surface area contributed by atoms with E-state index in [-0.39, 0.29) is 5.66 Å². The van der Waals surface area contributed by atoms with E-state index in [4.69, 9.17) is 9.05 Å². The second kappa shape index (κ2) is 14.6. The van der Waals surface area contributed by atoms with Gasteiger partial charge in [0.05, 0.1) is 18.9 Å². The predicted molar refractivity (Wildman–Crippen MR) is 107 cm³/mol. The van der Waals surface area contributed by atoms with Gasteiger partial charge in [0.1, 0.15) is 0 Å². The topological polar surface area (TPSA) is 35.5 Å². The lowest BCUT2D eigenvalue weighted by atomic mass is 10.0. The molecular weight excluding hydrogens is 339 g/mol. The summed E-state index contributed by atoms with van der Waals surface area (Å²) in [6.07, 6.45) is 15.1. The van der Waals surface area contributed by atoms with Crippen molar-refractivity contribution in [1.82, 2.24) is 0 Å². The van der Waals surface area contributed by atoms with Crippen LogP contribution < -0.4 is 0 Å². The van der Waals surface area contributed by atoms with E-state index in [1.54, 1.807) is 0 Å². The summed E-state index contributed by atoms with van der Waals surface area (Å²) in [5.74, 6) is 2.12. The molecule has 3 nitrogen and oxygen atoms in total. The first-order chi connectivity index (χ1) is 11.7. The highest BCUT2D eigenvalue weighted by Crippen LogP contribution is 2.57. The van der Waals surface area contributed by atoms with Crippen molar-refractivity contribution >= 4 is 19.4 Å². The highest BCUT2D eigenvalue weighted by Gasteiger charge is 2.36. The lowest BCUT2D eigenvalue weighted by Gasteiger charge is -2.29. The summed E-state index contributed by atoms with van der Waals surface area (Å²) in [5, 5.41) is 0. The summed E-state index contributed by atoms with van der Waals surface area (Å²) < 4.78 is 24.4. The minimum atomic E-state index is -2.89. The zero-order valence-electron chi connectivity index (χ0n) is 16.0. The second-order valence-electron chi connectivity index (χ2n) is 6.82. The Morgan fingerprint density at radius 1 is 0.875 bits per heavy atom. The van der Waals surface area contributed by atoms with E-state index in [2.05, 4.69) is 6.92 Å². The average molecular weight is 379 g/mol. The van der Waals surface area contributed by atoms with Gasteiger partial charge in [-0.25, -0.2) is 0 Å². The van der Waals surface area contributed by atoms with Gasteiger partial charge in [-0.3, -0.25) is 4.57 Å². The Morgan fingerprint density at radius 3 is 2.21 bits per heavy atom. The lowest BCUT2D eigenvalue weighted by molar-refractivity contribution is 0.206. The maximum atomic E-state index is 13.0. The Labute approximate surface area is 154 Å². The van der Waals surface area contributed by atoms with E-state index in [1.807, 2.05) is 18.7 Å². The number of rotatable bonds is 15. The highest BCUT2D eigenvalue weighted by atomic mass is 32.2. The highest BCUT2D eigenvalue weighted by molar-refractivity contribution is 7.99. The minimum absolute atomic E-state index is 0.138. The molecule has 0 amide bonds. The first-order valence-corrected chi connectivity index (χ1v) is 13.0. The third-order valence-electron chi connectivity index (χ3n) is 4.72. The van der Waals surface area contributed by atoms with E-state index in [1.165, 1.54) is 57.1 Å².